The first-order valence-corrected chi connectivity index (χ1v) is 6.82. The van der Waals surface area contributed by atoms with Crippen LogP contribution in [-0.2, 0) is 6.42 Å². The van der Waals surface area contributed by atoms with Gasteiger partial charge in [-0.25, -0.2) is 0 Å². The number of hydrogen-bond acceptors (Lipinski definition) is 3. The Bertz CT molecular complexity index is 609. The molecule has 0 amide bonds. The van der Waals surface area contributed by atoms with E-state index in [2.05, 4.69) is 5.32 Å². The predicted octanol–water partition coefficient (Wildman–Crippen LogP) is 3.83. The minimum Gasteiger partial charge on any atom is -0.493 e. The van der Waals surface area contributed by atoms with Crippen LogP contribution in [0.4, 0.5) is 0 Å². The summed E-state index contributed by atoms with van der Waals surface area (Å²) in [6.07, 6.45) is 0.887. The molecular weight excluding hydrogens is 285 g/mol. The zero-order chi connectivity index (χ0) is 13.4. The van der Waals surface area contributed by atoms with Crippen LogP contribution in [0.2, 0.25) is 10.2 Å². The Kier molecular flexibility index (Phi) is 3.44. The van der Waals surface area contributed by atoms with Crippen LogP contribution in [0.15, 0.2) is 28.7 Å². The highest BCUT2D eigenvalue weighted by Gasteiger charge is 2.25. The van der Waals surface area contributed by atoms with Crippen molar-refractivity contribution in [3.63, 3.8) is 0 Å². The van der Waals surface area contributed by atoms with Gasteiger partial charge >= 0.3 is 0 Å². The van der Waals surface area contributed by atoms with E-state index in [1.54, 1.807) is 6.07 Å². The highest BCUT2D eigenvalue weighted by Crippen LogP contribution is 2.39. The fraction of sp³-hybridized carbons (Fsp3) is 0.286. The molecule has 3 rings (SSSR count). The molecule has 1 unspecified atom stereocenters. The van der Waals surface area contributed by atoms with Crippen molar-refractivity contribution in [2.24, 2.45) is 0 Å². The SMILES string of the molecule is CNC(c1ccc(Cl)o1)c1cc(Cl)cc2c1OCC2. The first-order valence-electron chi connectivity index (χ1n) is 6.06. The van der Waals surface area contributed by atoms with Gasteiger partial charge in [0.15, 0.2) is 5.22 Å². The molecule has 1 aromatic heterocycles. The molecule has 3 nitrogen and oxygen atoms in total. The molecule has 19 heavy (non-hydrogen) atoms. The Morgan fingerprint density at radius 2 is 2.11 bits per heavy atom. The molecule has 0 fully saturated rings. The second-order valence-electron chi connectivity index (χ2n) is 4.45. The van der Waals surface area contributed by atoms with Crippen LogP contribution in [0.1, 0.15) is 22.9 Å². The molecule has 2 heterocycles. The predicted molar refractivity (Wildman–Crippen MR) is 75.3 cm³/mol. The highest BCUT2D eigenvalue weighted by atomic mass is 35.5. The lowest BCUT2D eigenvalue weighted by Gasteiger charge is -2.17. The summed E-state index contributed by atoms with van der Waals surface area (Å²) in [7, 11) is 1.86. The van der Waals surface area contributed by atoms with Crippen LogP contribution in [0.25, 0.3) is 0 Å². The Morgan fingerprint density at radius 3 is 2.79 bits per heavy atom. The van der Waals surface area contributed by atoms with E-state index in [4.69, 9.17) is 32.4 Å². The van der Waals surface area contributed by atoms with Crippen molar-refractivity contribution < 1.29 is 9.15 Å². The summed E-state index contributed by atoms with van der Waals surface area (Å²) in [6.45, 7) is 0.692. The van der Waals surface area contributed by atoms with Gasteiger partial charge in [0, 0.05) is 17.0 Å². The van der Waals surface area contributed by atoms with Crippen LogP contribution in [0, 0.1) is 0 Å². The van der Waals surface area contributed by atoms with Crippen molar-refractivity contribution in [1.29, 1.82) is 0 Å². The van der Waals surface area contributed by atoms with Crippen molar-refractivity contribution in [2.75, 3.05) is 13.7 Å². The van der Waals surface area contributed by atoms with E-state index in [-0.39, 0.29) is 6.04 Å². The fourth-order valence-electron chi connectivity index (χ4n) is 2.45. The smallest absolute Gasteiger partial charge is 0.193 e. The number of benzene rings is 1. The molecule has 0 radical (unpaired) electrons. The summed E-state index contributed by atoms with van der Waals surface area (Å²) in [5.41, 5.74) is 2.12. The third kappa shape index (κ3) is 2.34. The molecule has 2 aromatic rings. The van der Waals surface area contributed by atoms with Gasteiger partial charge in [-0.2, -0.15) is 0 Å². The van der Waals surface area contributed by atoms with E-state index < -0.39 is 0 Å². The third-order valence-electron chi connectivity index (χ3n) is 3.26. The average Bonchev–Trinajstić information content (AvgIpc) is 2.99. The van der Waals surface area contributed by atoms with Gasteiger partial charge in [-0.15, -0.1) is 0 Å². The van der Waals surface area contributed by atoms with Crippen molar-refractivity contribution in [3.05, 3.63) is 51.4 Å². The van der Waals surface area contributed by atoms with Gasteiger partial charge < -0.3 is 14.5 Å². The minimum atomic E-state index is -0.127. The maximum absolute atomic E-state index is 6.18. The van der Waals surface area contributed by atoms with Crippen LogP contribution in [0.3, 0.4) is 0 Å². The Morgan fingerprint density at radius 1 is 1.26 bits per heavy atom. The summed E-state index contributed by atoms with van der Waals surface area (Å²) in [5, 5.41) is 4.29. The summed E-state index contributed by atoms with van der Waals surface area (Å²) >= 11 is 12.0. The summed E-state index contributed by atoms with van der Waals surface area (Å²) < 4.78 is 11.2. The monoisotopic (exact) mass is 297 g/mol. The van der Waals surface area contributed by atoms with Gasteiger partial charge in [0.1, 0.15) is 11.5 Å². The van der Waals surface area contributed by atoms with E-state index >= 15 is 0 Å². The molecule has 0 spiro atoms. The lowest BCUT2D eigenvalue weighted by atomic mass is 10.00. The third-order valence-corrected chi connectivity index (χ3v) is 3.68. The molecule has 1 N–H and O–H groups in total. The minimum absolute atomic E-state index is 0.127. The second-order valence-corrected chi connectivity index (χ2v) is 5.25. The van der Waals surface area contributed by atoms with Crippen molar-refractivity contribution in [2.45, 2.75) is 12.5 Å². The van der Waals surface area contributed by atoms with Gasteiger partial charge in [-0.3, -0.25) is 0 Å². The van der Waals surface area contributed by atoms with Crippen LogP contribution in [0.5, 0.6) is 5.75 Å². The maximum atomic E-state index is 6.18. The highest BCUT2D eigenvalue weighted by molar-refractivity contribution is 6.30. The van der Waals surface area contributed by atoms with E-state index in [1.807, 2.05) is 25.2 Å². The van der Waals surface area contributed by atoms with Gasteiger partial charge in [0.2, 0.25) is 0 Å². The molecule has 0 saturated carbocycles. The Hall–Kier alpha value is -1.16. The summed E-state index contributed by atoms with van der Waals surface area (Å²) in [6, 6.07) is 7.31. The van der Waals surface area contributed by atoms with Crippen molar-refractivity contribution in [3.8, 4) is 5.75 Å². The summed E-state index contributed by atoms with van der Waals surface area (Å²) in [4.78, 5) is 0. The molecule has 0 saturated heterocycles. The van der Waals surface area contributed by atoms with Gasteiger partial charge in [0.25, 0.3) is 0 Å². The Labute approximate surface area is 121 Å². The molecule has 1 aliphatic rings. The largest absolute Gasteiger partial charge is 0.493 e. The Balaban J connectivity index is 2.09. The second kappa shape index (κ2) is 5.08. The van der Waals surface area contributed by atoms with Crippen LogP contribution < -0.4 is 10.1 Å². The number of ether oxygens (including phenoxy) is 1. The lowest BCUT2D eigenvalue weighted by molar-refractivity contribution is 0.348. The number of halogens is 2. The quantitative estimate of drug-likeness (QED) is 0.935. The lowest BCUT2D eigenvalue weighted by Crippen LogP contribution is -2.17. The van der Waals surface area contributed by atoms with Gasteiger partial charge in [-0.1, -0.05) is 11.6 Å². The molecule has 1 atom stereocenters. The molecule has 5 heteroatoms. The van der Waals surface area contributed by atoms with E-state index in [1.165, 1.54) is 0 Å². The zero-order valence-electron chi connectivity index (χ0n) is 10.4. The standard InChI is InChI=1S/C14H13Cl2NO2/c1-17-13(11-2-3-12(16)19-11)10-7-9(15)6-8-4-5-18-14(8)10/h2-3,6-7,13,17H,4-5H2,1H3. The first-order chi connectivity index (χ1) is 9.19. The van der Waals surface area contributed by atoms with Crippen molar-refractivity contribution in [1.82, 2.24) is 5.32 Å². The molecule has 1 aliphatic heterocycles. The van der Waals surface area contributed by atoms with E-state index in [0.717, 1.165) is 29.1 Å². The maximum Gasteiger partial charge on any atom is 0.193 e. The topological polar surface area (TPSA) is 34.4 Å². The number of fused-ring (bicyclic) bond motifs is 1. The zero-order valence-corrected chi connectivity index (χ0v) is 11.9. The number of furan rings is 1. The first kappa shape index (κ1) is 12.9. The molecule has 0 bridgehead atoms. The van der Waals surface area contributed by atoms with Crippen LogP contribution in [-0.4, -0.2) is 13.7 Å². The number of rotatable bonds is 3. The fourth-order valence-corrected chi connectivity index (χ4v) is 2.85. The molecule has 1 aromatic carbocycles. The van der Waals surface area contributed by atoms with E-state index in [9.17, 15) is 0 Å². The number of hydrogen-bond donors (Lipinski definition) is 1. The molecule has 0 aliphatic carbocycles. The molecular formula is C14H13Cl2NO2. The normalized spacial score (nSPS) is 15.1. The van der Waals surface area contributed by atoms with E-state index in [0.29, 0.717) is 16.8 Å². The molecule has 100 valence electrons. The van der Waals surface area contributed by atoms with Crippen LogP contribution >= 0.6 is 23.2 Å². The number of nitrogens with one attached hydrogen (secondary N) is 1. The van der Waals surface area contributed by atoms with Crippen molar-refractivity contribution >= 4 is 23.2 Å². The summed E-state index contributed by atoms with van der Waals surface area (Å²) in [5.74, 6) is 1.64. The average molecular weight is 298 g/mol. The van der Waals surface area contributed by atoms with Gasteiger partial charge in [-0.05, 0) is 48.5 Å². The van der Waals surface area contributed by atoms with Gasteiger partial charge in [0.05, 0.1) is 12.6 Å².